The first kappa shape index (κ1) is 9.93. The van der Waals surface area contributed by atoms with E-state index in [-0.39, 0.29) is 13.3 Å². The molecular weight excluding hydrogens is 180 g/mol. The lowest BCUT2D eigenvalue weighted by molar-refractivity contribution is -0.127. The van der Waals surface area contributed by atoms with Gasteiger partial charge in [-0.2, -0.15) is 0 Å². The van der Waals surface area contributed by atoms with Crippen LogP contribution in [-0.4, -0.2) is 50.2 Å². The number of nitrogens with zero attached hydrogens (tertiary/aromatic N) is 1. The molecule has 2 aliphatic heterocycles. The quantitative estimate of drug-likeness (QED) is 0.687. The molecule has 0 saturated carbocycles. The van der Waals surface area contributed by atoms with Crippen LogP contribution >= 0.6 is 0 Å². The Balaban J connectivity index is 0.00000112. The summed E-state index contributed by atoms with van der Waals surface area (Å²) in [7, 11) is 1.72. The SMILES string of the molecule is CNC(=O)C1CCN(C2COC2)CC1.[HH]. The fourth-order valence-electron chi connectivity index (χ4n) is 2.17. The molecule has 2 heterocycles. The molecule has 0 aromatic carbocycles. The van der Waals surface area contributed by atoms with Gasteiger partial charge in [0.05, 0.1) is 19.3 Å². The second-order valence-electron chi connectivity index (χ2n) is 4.12. The first-order valence-electron chi connectivity index (χ1n) is 5.34. The number of likely N-dealkylation sites (tertiary alicyclic amines) is 1. The summed E-state index contributed by atoms with van der Waals surface area (Å²) in [5.41, 5.74) is 0. The van der Waals surface area contributed by atoms with E-state index in [2.05, 4.69) is 10.2 Å². The van der Waals surface area contributed by atoms with Gasteiger partial charge >= 0.3 is 0 Å². The molecule has 0 radical (unpaired) electrons. The summed E-state index contributed by atoms with van der Waals surface area (Å²) < 4.78 is 5.16. The molecule has 2 saturated heterocycles. The highest BCUT2D eigenvalue weighted by molar-refractivity contribution is 5.78. The Morgan fingerprint density at radius 1 is 1.43 bits per heavy atom. The smallest absolute Gasteiger partial charge is 0.222 e. The van der Waals surface area contributed by atoms with Gasteiger partial charge in [-0.3, -0.25) is 9.69 Å². The van der Waals surface area contributed by atoms with Gasteiger partial charge in [-0.1, -0.05) is 0 Å². The highest BCUT2D eigenvalue weighted by Crippen LogP contribution is 2.21. The van der Waals surface area contributed by atoms with E-state index in [9.17, 15) is 4.79 Å². The van der Waals surface area contributed by atoms with E-state index in [1.807, 2.05) is 0 Å². The van der Waals surface area contributed by atoms with Crippen molar-refractivity contribution in [3.8, 4) is 0 Å². The van der Waals surface area contributed by atoms with E-state index in [1.54, 1.807) is 7.05 Å². The van der Waals surface area contributed by atoms with E-state index in [0.717, 1.165) is 39.1 Å². The van der Waals surface area contributed by atoms with Crippen LogP contribution in [0.5, 0.6) is 0 Å². The van der Waals surface area contributed by atoms with Crippen molar-refractivity contribution < 1.29 is 11.0 Å². The highest BCUT2D eigenvalue weighted by atomic mass is 16.5. The maximum atomic E-state index is 11.4. The minimum absolute atomic E-state index is 0. The molecule has 0 aromatic rings. The molecule has 0 atom stereocenters. The van der Waals surface area contributed by atoms with Crippen LogP contribution < -0.4 is 5.32 Å². The predicted octanol–water partition coefficient (Wildman–Crippen LogP) is 0.0892. The predicted molar refractivity (Wildman–Crippen MR) is 55.1 cm³/mol. The fourth-order valence-corrected chi connectivity index (χ4v) is 2.17. The lowest BCUT2D eigenvalue weighted by atomic mass is 9.94. The van der Waals surface area contributed by atoms with Crippen molar-refractivity contribution in [2.24, 2.45) is 5.92 Å². The van der Waals surface area contributed by atoms with Crippen LogP contribution in [0.15, 0.2) is 0 Å². The van der Waals surface area contributed by atoms with Crippen molar-refractivity contribution in [1.82, 2.24) is 10.2 Å². The molecule has 0 spiro atoms. The first-order valence-corrected chi connectivity index (χ1v) is 5.34. The summed E-state index contributed by atoms with van der Waals surface area (Å²) in [5.74, 6) is 0.437. The Morgan fingerprint density at radius 3 is 2.50 bits per heavy atom. The Morgan fingerprint density at radius 2 is 2.07 bits per heavy atom. The lowest BCUT2D eigenvalue weighted by Gasteiger charge is -2.41. The Kier molecular flexibility index (Phi) is 3.03. The molecule has 0 unspecified atom stereocenters. The standard InChI is InChI=1S/C10H18N2O2.H2/c1-11-10(13)8-2-4-12(5-3-8)9-6-14-7-9;/h8-9H,2-7H2,1H3,(H,11,13);1H. The van der Waals surface area contributed by atoms with Crippen molar-refractivity contribution in [1.29, 1.82) is 0 Å². The maximum absolute atomic E-state index is 11.4. The molecule has 2 aliphatic rings. The number of nitrogens with one attached hydrogen (secondary N) is 1. The maximum Gasteiger partial charge on any atom is 0.222 e. The molecule has 82 valence electrons. The molecule has 0 bridgehead atoms. The van der Waals surface area contributed by atoms with Crippen LogP contribution in [0.1, 0.15) is 14.3 Å². The van der Waals surface area contributed by atoms with E-state index in [1.165, 1.54) is 0 Å². The molecule has 2 rings (SSSR count). The topological polar surface area (TPSA) is 41.6 Å². The zero-order valence-electron chi connectivity index (χ0n) is 8.66. The van der Waals surface area contributed by atoms with Gasteiger partial charge in [-0.05, 0) is 25.9 Å². The molecule has 0 aromatic heterocycles. The van der Waals surface area contributed by atoms with Gasteiger partial charge in [0, 0.05) is 14.4 Å². The van der Waals surface area contributed by atoms with Crippen molar-refractivity contribution in [2.75, 3.05) is 33.4 Å². The highest BCUT2D eigenvalue weighted by Gasteiger charge is 2.31. The van der Waals surface area contributed by atoms with Crippen LogP contribution in [0.2, 0.25) is 0 Å². The van der Waals surface area contributed by atoms with Gasteiger partial charge in [0.15, 0.2) is 0 Å². The molecule has 0 aliphatic carbocycles. The van der Waals surface area contributed by atoms with Gasteiger partial charge in [-0.15, -0.1) is 0 Å². The van der Waals surface area contributed by atoms with Gasteiger partial charge in [0.1, 0.15) is 0 Å². The van der Waals surface area contributed by atoms with Crippen LogP contribution in [-0.2, 0) is 9.53 Å². The minimum atomic E-state index is 0. The summed E-state index contributed by atoms with van der Waals surface area (Å²) in [6, 6.07) is 0.626. The van der Waals surface area contributed by atoms with Crippen LogP contribution in [0.4, 0.5) is 0 Å². The normalized spacial score (nSPS) is 25.8. The lowest BCUT2D eigenvalue weighted by Crippen LogP contribution is -2.52. The number of hydrogen-bond acceptors (Lipinski definition) is 3. The number of hydrogen-bond donors (Lipinski definition) is 1. The number of amides is 1. The molecule has 2 fully saturated rings. The second-order valence-corrected chi connectivity index (χ2v) is 4.12. The number of carbonyl (C=O) groups is 1. The number of piperidine rings is 1. The summed E-state index contributed by atoms with van der Waals surface area (Å²) in [5, 5.41) is 2.72. The first-order chi connectivity index (χ1) is 6.81. The average molecular weight is 200 g/mol. The summed E-state index contributed by atoms with van der Waals surface area (Å²) in [4.78, 5) is 13.8. The summed E-state index contributed by atoms with van der Waals surface area (Å²) in [6.45, 7) is 3.85. The third-order valence-corrected chi connectivity index (χ3v) is 3.28. The van der Waals surface area contributed by atoms with E-state index in [4.69, 9.17) is 4.74 Å². The average Bonchev–Trinajstić information content (AvgIpc) is 2.15. The third-order valence-electron chi connectivity index (χ3n) is 3.28. The van der Waals surface area contributed by atoms with Crippen molar-refractivity contribution >= 4 is 5.91 Å². The molecule has 1 amide bonds. The van der Waals surface area contributed by atoms with Crippen LogP contribution in [0.3, 0.4) is 0 Å². The number of rotatable bonds is 2. The molecule has 1 N–H and O–H groups in total. The summed E-state index contributed by atoms with van der Waals surface area (Å²) >= 11 is 0. The molecular formula is C10H20N2O2. The van der Waals surface area contributed by atoms with Gasteiger partial charge in [0.25, 0.3) is 0 Å². The summed E-state index contributed by atoms with van der Waals surface area (Å²) in [6.07, 6.45) is 1.99. The largest absolute Gasteiger partial charge is 0.378 e. The van der Waals surface area contributed by atoms with Crippen molar-refractivity contribution in [3.05, 3.63) is 0 Å². The molecule has 14 heavy (non-hydrogen) atoms. The van der Waals surface area contributed by atoms with E-state index >= 15 is 0 Å². The zero-order chi connectivity index (χ0) is 9.97. The van der Waals surface area contributed by atoms with Crippen molar-refractivity contribution in [2.45, 2.75) is 18.9 Å². The van der Waals surface area contributed by atoms with E-state index < -0.39 is 0 Å². The van der Waals surface area contributed by atoms with Crippen molar-refractivity contribution in [3.63, 3.8) is 0 Å². The van der Waals surface area contributed by atoms with Crippen LogP contribution in [0, 0.1) is 5.92 Å². The minimum Gasteiger partial charge on any atom is -0.378 e. The Hall–Kier alpha value is -0.610. The monoisotopic (exact) mass is 200 g/mol. The fraction of sp³-hybridized carbons (Fsp3) is 0.900. The third kappa shape index (κ3) is 1.91. The van der Waals surface area contributed by atoms with Gasteiger partial charge in [0.2, 0.25) is 5.91 Å². The molecule has 4 nitrogen and oxygen atoms in total. The van der Waals surface area contributed by atoms with Gasteiger partial charge in [-0.25, -0.2) is 0 Å². The number of ether oxygens (including phenoxy) is 1. The number of carbonyl (C=O) groups excluding carboxylic acids is 1. The Bertz CT molecular complexity index is 213. The molecule has 4 heteroatoms. The second kappa shape index (κ2) is 4.28. The van der Waals surface area contributed by atoms with Gasteiger partial charge < -0.3 is 10.1 Å². The zero-order valence-corrected chi connectivity index (χ0v) is 8.66. The van der Waals surface area contributed by atoms with Crippen LogP contribution in [0.25, 0.3) is 0 Å². The Labute approximate surface area is 86.1 Å². The van der Waals surface area contributed by atoms with E-state index in [0.29, 0.717) is 6.04 Å².